The maximum Gasteiger partial charge on any atom is 0.229 e. The number of nitrogens with zero attached hydrogens (tertiary/aromatic N) is 5. The molecular formula is C25H28ClFN8O2. The van der Waals surface area contributed by atoms with Crippen LogP contribution in [-0.4, -0.2) is 60.4 Å². The number of carbonyl (C=O) groups excluding carboxylic acids is 2. The van der Waals surface area contributed by atoms with Crippen molar-refractivity contribution in [2.24, 2.45) is 11.8 Å². The van der Waals surface area contributed by atoms with Gasteiger partial charge in [0.05, 0.1) is 52.3 Å². The van der Waals surface area contributed by atoms with Crippen molar-refractivity contribution in [3.8, 4) is 11.3 Å². The number of fused-ring (bicyclic) bond motifs is 2. The molecule has 1 fully saturated rings. The Labute approximate surface area is 217 Å². The number of carbonyl (C=O) groups is 2. The summed E-state index contributed by atoms with van der Waals surface area (Å²) in [4.78, 5) is 35.9. The number of benzene rings is 1. The number of aromatic nitrogens is 5. The number of amides is 2. The third-order valence-corrected chi connectivity index (χ3v) is 6.95. The number of H-pyrrole nitrogens is 1. The van der Waals surface area contributed by atoms with Crippen LogP contribution in [0.4, 0.5) is 15.9 Å². The second kappa shape index (κ2) is 9.62. The molecule has 5 rings (SSSR count). The van der Waals surface area contributed by atoms with Gasteiger partial charge in [-0.3, -0.25) is 19.7 Å². The molecule has 0 spiro atoms. The molecule has 12 heteroatoms. The van der Waals surface area contributed by atoms with Gasteiger partial charge in [-0.25, -0.2) is 9.37 Å². The molecule has 0 saturated heterocycles. The molecule has 1 aliphatic rings. The normalized spacial score (nSPS) is 16.9. The molecule has 10 nitrogen and oxygen atoms in total. The summed E-state index contributed by atoms with van der Waals surface area (Å²) in [7, 11) is 0. The fourth-order valence-corrected chi connectivity index (χ4v) is 4.92. The average Bonchev–Trinajstić information content (AvgIpc) is 3.36. The van der Waals surface area contributed by atoms with Crippen molar-refractivity contribution in [3.05, 3.63) is 35.6 Å². The van der Waals surface area contributed by atoms with E-state index < -0.39 is 5.82 Å². The smallest absolute Gasteiger partial charge is 0.229 e. The van der Waals surface area contributed by atoms with Crippen molar-refractivity contribution in [3.63, 3.8) is 0 Å². The van der Waals surface area contributed by atoms with E-state index >= 15 is 4.39 Å². The number of hydrogen-bond donors (Lipinski definition) is 3. The van der Waals surface area contributed by atoms with Gasteiger partial charge in [0.25, 0.3) is 0 Å². The predicted molar refractivity (Wildman–Crippen MR) is 140 cm³/mol. The minimum absolute atomic E-state index is 0.0123. The van der Waals surface area contributed by atoms with Crippen molar-refractivity contribution in [2.45, 2.75) is 40.2 Å². The Morgan fingerprint density at radius 1 is 1.24 bits per heavy atom. The molecule has 1 saturated carbocycles. The topological polar surface area (TPSA) is 120 Å². The predicted octanol–water partition coefficient (Wildman–Crippen LogP) is 4.33. The number of nitrogens with one attached hydrogen (secondary N) is 3. The van der Waals surface area contributed by atoms with Crippen molar-refractivity contribution in [2.75, 3.05) is 23.7 Å². The minimum Gasteiger partial charge on any atom is -0.379 e. The van der Waals surface area contributed by atoms with Gasteiger partial charge in [-0.2, -0.15) is 5.10 Å². The Bertz CT molecular complexity index is 1510. The number of hydrogen-bond acceptors (Lipinski definition) is 6. The van der Waals surface area contributed by atoms with Crippen molar-refractivity contribution in [1.29, 1.82) is 0 Å². The molecule has 0 aliphatic heterocycles. The molecule has 1 aromatic carbocycles. The molecule has 0 bridgehead atoms. The quantitative estimate of drug-likeness (QED) is 0.314. The molecule has 4 aromatic rings. The Morgan fingerprint density at radius 2 is 2.00 bits per heavy atom. The Balaban J connectivity index is 1.41. The van der Waals surface area contributed by atoms with Crippen LogP contribution in [0.1, 0.15) is 34.1 Å². The summed E-state index contributed by atoms with van der Waals surface area (Å²) >= 11 is 6.49. The van der Waals surface area contributed by atoms with E-state index in [-0.39, 0.29) is 40.4 Å². The van der Waals surface area contributed by atoms with E-state index in [0.717, 1.165) is 0 Å². The van der Waals surface area contributed by atoms with E-state index in [0.29, 0.717) is 53.1 Å². The van der Waals surface area contributed by atoms with E-state index in [1.54, 1.807) is 27.9 Å². The summed E-state index contributed by atoms with van der Waals surface area (Å²) in [6.45, 7) is 8.90. The summed E-state index contributed by atoms with van der Waals surface area (Å²) < 4.78 is 17.0. The molecule has 194 valence electrons. The van der Waals surface area contributed by atoms with E-state index in [1.807, 2.05) is 27.7 Å². The van der Waals surface area contributed by atoms with Crippen LogP contribution >= 0.6 is 11.6 Å². The second-order valence-corrected chi connectivity index (χ2v) is 9.83. The second-order valence-electron chi connectivity index (χ2n) is 9.45. The summed E-state index contributed by atoms with van der Waals surface area (Å²) in [5.74, 6) is -1.12. The van der Waals surface area contributed by atoms with Gasteiger partial charge in [0.1, 0.15) is 0 Å². The highest BCUT2D eigenvalue weighted by Gasteiger charge is 2.49. The molecule has 3 N–H and O–H groups in total. The van der Waals surface area contributed by atoms with Crippen LogP contribution < -0.4 is 10.6 Å². The van der Waals surface area contributed by atoms with Gasteiger partial charge in [-0.15, -0.1) is 0 Å². The molecule has 3 heterocycles. The van der Waals surface area contributed by atoms with Crippen LogP contribution in [0.3, 0.4) is 0 Å². The fourth-order valence-electron chi connectivity index (χ4n) is 4.62. The molecule has 2 atom stereocenters. The summed E-state index contributed by atoms with van der Waals surface area (Å²) in [5, 5.41) is 13.4. The van der Waals surface area contributed by atoms with Crippen LogP contribution in [0.25, 0.3) is 27.8 Å². The first-order valence-electron chi connectivity index (χ1n) is 12.3. The largest absolute Gasteiger partial charge is 0.379 e. The first kappa shape index (κ1) is 24.9. The zero-order valence-electron chi connectivity index (χ0n) is 21.0. The van der Waals surface area contributed by atoms with Crippen LogP contribution in [-0.2, 0) is 9.59 Å². The first-order valence-corrected chi connectivity index (χ1v) is 12.7. The van der Waals surface area contributed by atoms with Gasteiger partial charge in [-0.1, -0.05) is 11.6 Å². The average molecular weight is 527 g/mol. The first-order chi connectivity index (χ1) is 17.7. The standard InChI is InChI=1S/C25H28ClFN8O2/c1-5-34(6-2)25(37)14-7-13(14)24(36)32-17-11-35-10-16(28-9-18(35)31-17)19-15-8-29-33-22(15)23(30-12(3)4)21(27)20(19)26/h8-14,30H,5-7H2,1-4H3,(H,29,33)(H,32,36). The number of halogens is 2. The Kier molecular flexibility index (Phi) is 6.49. The number of anilines is 2. The lowest BCUT2D eigenvalue weighted by atomic mass is 10.1. The molecule has 2 amide bonds. The lowest BCUT2D eigenvalue weighted by molar-refractivity contribution is -0.133. The van der Waals surface area contributed by atoms with Gasteiger partial charge in [-0.05, 0) is 34.1 Å². The summed E-state index contributed by atoms with van der Waals surface area (Å²) in [5.41, 5.74) is 2.05. The molecule has 1 aliphatic carbocycles. The van der Waals surface area contributed by atoms with Crippen LogP contribution in [0.15, 0.2) is 24.8 Å². The van der Waals surface area contributed by atoms with Gasteiger partial charge in [0.15, 0.2) is 17.3 Å². The monoisotopic (exact) mass is 526 g/mol. The number of rotatable bonds is 8. The zero-order chi connectivity index (χ0) is 26.4. The lowest BCUT2D eigenvalue weighted by Gasteiger charge is -2.18. The number of aromatic amines is 1. The highest BCUT2D eigenvalue weighted by Crippen LogP contribution is 2.42. The number of imidazole rings is 1. The van der Waals surface area contributed by atoms with Gasteiger partial charge in [0, 0.05) is 36.3 Å². The lowest BCUT2D eigenvalue weighted by Crippen LogP contribution is -2.33. The van der Waals surface area contributed by atoms with E-state index in [4.69, 9.17) is 11.6 Å². The van der Waals surface area contributed by atoms with Crippen molar-refractivity contribution < 1.29 is 14.0 Å². The van der Waals surface area contributed by atoms with Crippen LogP contribution in [0, 0.1) is 17.7 Å². The minimum atomic E-state index is -0.596. The highest BCUT2D eigenvalue weighted by molar-refractivity contribution is 6.35. The van der Waals surface area contributed by atoms with Crippen LogP contribution in [0.5, 0.6) is 0 Å². The van der Waals surface area contributed by atoms with Crippen molar-refractivity contribution in [1.82, 2.24) is 29.5 Å². The van der Waals surface area contributed by atoms with Crippen LogP contribution in [0.2, 0.25) is 5.02 Å². The van der Waals surface area contributed by atoms with E-state index in [1.165, 1.54) is 6.20 Å². The Hall–Kier alpha value is -3.73. The van der Waals surface area contributed by atoms with Crippen molar-refractivity contribution >= 4 is 51.5 Å². The fraction of sp³-hybridized carbons (Fsp3) is 0.400. The molecule has 3 aromatic heterocycles. The zero-order valence-corrected chi connectivity index (χ0v) is 21.7. The SMILES string of the molecule is CCN(CC)C(=O)C1CC1C(=O)Nc1cn2cc(-c3c(Cl)c(F)c(NC(C)C)c4[nH]ncc34)ncc2n1. The Morgan fingerprint density at radius 3 is 2.70 bits per heavy atom. The molecule has 0 radical (unpaired) electrons. The maximum absolute atomic E-state index is 15.3. The van der Waals surface area contributed by atoms with Gasteiger partial charge in [0.2, 0.25) is 11.8 Å². The molecule has 2 unspecified atom stereocenters. The van der Waals surface area contributed by atoms with E-state index in [2.05, 4.69) is 30.8 Å². The summed E-state index contributed by atoms with van der Waals surface area (Å²) in [6.07, 6.45) is 6.96. The third kappa shape index (κ3) is 4.48. The highest BCUT2D eigenvalue weighted by atomic mass is 35.5. The molecular weight excluding hydrogens is 499 g/mol. The third-order valence-electron chi connectivity index (χ3n) is 6.59. The van der Waals surface area contributed by atoms with Gasteiger partial charge < -0.3 is 19.9 Å². The maximum atomic E-state index is 15.3. The van der Waals surface area contributed by atoms with Gasteiger partial charge >= 0.3 is 0 Å². The molecule has 37 heavy (non-hydrogen) atoms. The summed E-state index contributed by atoms with van der Waals surface area (Å²) in [6, 6.07) is -0.0155. The van der Waals surface area contributed by atoms with E-state index in [9.17, 15) is 9.59 Å².